The quantitative estimate of drug-likeness (QED) is 0.777. The molecule has 1 atom stereocenters. The van der Waals surface area contributed by atoms with E-state index in [1.807, 2.05) is 11.3 Å². The molecule has 0 radical (unpaired) electrons. The average Bonchev–Trinajstić information content (AvgIpc) is 2.82. The second-order valence-electron chi connectivity index (χ2n) is 4.49. The van der Waals surface area contributed by atoms with Crippen molar-refractivity contribution < 1.29 is 0 Å². The first kappa shape index (κ1) is 13.6. The number of aryl methyl sites for hydroxylation is 2. The summed E-state index contributed by atoms with van der Waals surface area (Å²) in [6, 6.07) is 11.2. The van der Waals surface area contributed by atoms with Crippen LogP contribution in [-0.2, 0) is 6.42 Å². The monoisotopic (exact) mass is 323 g/mol. The lowest BCUT2D eigenvalue weighted by Crippen LogP contribution is -2.04. The van der Waals surface area contributed by atoms with E-state index >= 15 is 0 Å². The highest BCUT2D eigenvalue weighted by Gasteiger charge is 2.08. The van der Waals surface area contributed by atoms with Crippen molar-refractivity contribution >= 4 is 33.0 Å². The van der Waals surface area contributed by atoms with E-state index in [9.17, 15) is 0 Å². The molecule has 0 aliphatic heterocycles. The first-order valence-corrected chi connectivity index (χ1v) is 7.82. The van der Waals surface area contributed by atoms with Gasteiger partial charge in [0.1, 0.15) is 0 Å². The highest BCUT2D eigenvalue weighted by atomic mass is 79.9. The summed E-state index contributed by atoms with van der Waals surface area (Å²) in [4.78, 5) is 2.84. The van der Waals surface area contributed by atoms with Gasteiger partial charge in [0.15, 0.2) is 0 Å². The summed E-state index contributed by atoms with van der Waals surface area (Å²) in [5.74, 6) is 0. The number of nitrogens with one attached hydrogen (secondary N) is 1. The zero-order valence-corrected chi connectivity index (χ0v) is 13.4. The third-order valence-corrected chi connectivity index (χ3v) is 5.28. The second kappa shape index (κ2) is 5.89. The largest absolute Gasteiger partial charge is 0.378 e. The molecular formula is C15H18BrNS. The van der Waals surface area contributed by atoms with Crippen LogP contribution in [0.1, 0.15) is 35.2 Å². The van der Waals surface area contributed by atoms with Crippen LogP contribution in [0.3, 0.4) is 0 Å². The Kier molecular flexibility index (Phi) is 4.46. The summed E-state index contributed by atoms with van der Waals surface area (Å²) in [7, 11) is 0. The van der Waals surface area contributed by atoms with Gasteiger partial charge in [-0.2, -0.15) is 0 Å². The molecule has 2 rings (SSSR count). The number of rotatable bonds is 4. The molecule has 1 nitrogen and oxygen atoms in total. The topological polar surface area (TPSA) is 12.0 Å². The third-order valence-electron chi connectivity index (χ3n) is 3.01. The Hall–Kier alpha value is -0.800. The SMILES string of the molecule is CCc1ccc(C(C)Nc2ccc(C)c(Br)c2)s1. The number of thiophene rings is 1. The molecule has 3 heteroatoms. The van der Waals surface area contributed by atoms with Gasteiger partial charge < -0.3 is 5.32 Å². The van der Waals surface area contributed by atoms with Crippen LogP contribution in [0, 0.1) is 6.92 Å². The molecule has 1 heterocycles. The van der Waals surface area contributed by atoms with E-state index in [1.165, 1.54) is 15.3 Å². The van der Waals surface area contributed by atoms with E-state index < -0.39 is 0 Å². The first-order chi connectivity index (χ1) is 8.60. The van der Waals surface area contributed by atoms with Crippen molar-refractivity contribution in [3.05, 3.63) is 50.1 Å². The molecule has 0 aliphatic carbocycles. The zero-order valence-electron chi connectivity index (χ0n) is 11.0. The van der Waals surface area contributed by atoms with Gasteiger partial charge in [0.05, 0.1) is 6.04 Å². The minimum Gasteiger partial charge on any atom is -0.378 e. The van der Waals surface area contributed by atoms with Crippen LogP contribution in [0.15, 0.2) is 34.8 Å². The molecule has 0 aliphatic rings. The summed E-state index contributed by atoms with van der Waals surface area (Å²) in [5.41, 5.74) is 2.42. The van der Waals surface area contributed by atoms with Crippen LogP contribution < -0.4 is 5.32 Å². The van der Waals surface area contributed by atoms with E-state index in [-0.39, 0.29) is 0 Å². The Labute approximate surface area is 121 Å². The summed E-state index contributed by atoms with van der Waals surface area (Å²) in [6.45, 7) is 6.51. The van der Waals surface area contributed by atoms with E-state index in [0.29, 0.717) is 6.04 Å². The van der Waals surface area contributed by atoms with Crippen molar-refractivity contribution in [3.63, 3.8) is 0 Å². The molecule has 1 N–H and O–H groups in total. The molecular weight excluding hydrogens is 306 g/mol. The maximum atomic E-state index is 3.57. The Morgan fingerprint density at radius 3 is 2.67 bits per heavy atom. The summed E-state index contributed by atoms with van der Waals surface area (Å²) >= 11 is 5.46. The molecule has 0 saturated carbocycles. The van der Waals surface area contributed by atoms with E-state index in [4.69, 9.17) is 0 Å². The minimum absolute atomic E-state index is 0.352. The molecule has 2 aromatic rings. The second-order valence-corrected chi connectivity index (χ2v) is 6.54. The fourth-order valence-corrected chi connectivity index (χ4v) is 3.15. The molecule has 1 unspecified atom stereocenters. The van der Waals surface area contributed by atoms with Gasteiger partial charge in [0, 0.05) is 19.9 Å². The molecule has 0 amide bonds. The highest BCUT2D eigenvalue weighted by Crippen LogP contribution is 2.28. The lowest BCUT2D eigenvalue weighted by Gasteiger charge is -2.14. The Bertz CT molecular complexity index is 533. The fraction of sp³-hybridized carbons (Fsp3) is 0.333. The summed E-state index contributed by atoms with van der Waals surface area (Å²) in [5, 5.41) is 3.54. The fourth-order valence-electron chi connectivity index (χ4n) is 1.82. The maximum absolute atomic E-state index is 3.57. The van der Waals surface area contributed by atoms with E-state index in [0.717, 1.165) is 16.6 Å². The van der Waals surface area contributed by atoms with Crippen LogP contribution in [0.25, 0.3) is 0 Å². The summed E-state index contributed by atoms with van der Waals surface area (Å²) < 4.78 is 1.15. The van der Waals surface area contributed by atoms with Crippen molar-refractivity contribution in [1.82, 2.24) is 0 Å². The van der Waals surface area contributed by atoms with Gasteiger partial charge in [-0.05, 0) is 50.1 Å². The molecule has 0 saturated heterocycles. The predicted octanol–water partition coefficient (Wildman–Crippen LogP) is 5.55. The Morgan fingerprint density at radius 1 is 1.28 bits per heavy atom. The molecule has 0 spiro atoms. The normalized spacial score (nSPS) is 12.4. The van der Waals surface area contributed by atoms with Crippen molar-refractivity contribution in [2.75, 3.05) is 5.32 Å². The molecule has 0 bridgehead atoms. The van der Waals surface area contributed by atoms with Gasteiger partial charge >= 0.3 is 0 Å². The van der Waals surface area contributed by atoms with Crippen LogP contribution in [0.2, 0.25) is 0 Å². The predicted molar refractivity (Wildman–Crippen MR) is 84.6 cm³/mol. The number of anilines is 1. The van der Waals surface area contributed by atoms with Gasteiger partial charge in [-0.25, -0.2) is 0 Å². The molecule has 0 fully saturated rings. The lowest BCUT2D eigenvalue weighted by atomic mass is 10.2. The van der Waals surface area contributed by atoms with Gasteiger partial charge in [-0.1, -0.05) is 28.9 Å². The lowest BCUT2D eigenvalue weighted by molar-refractivity contribution is 0.908. The van der Waals surface area contributed by atoms with Gasteiger partial charge in [0.25, 0.3) is 0 Å². The Morgan fingerprint density at radius 2 is 2.06 bits per heavy atom. The van der Waals surface area contributed by atoms with E-state index in [1.54, 1.807) is 0 Å². The number of hydrogen-bond donors (Lipinski definition) is 1. The highest BCUT2D eigenvalue weighted by molar-refractivity contribution is 9.10. The van der Waals surface area contributed by atoms with E-state index in [2.05, 4.69) is 72.3 Å². The number of halogens is 1. The average molecular weight is 324 g/mol. The molecule has 18 heavy (non-hydrogen) atoms. The van der Waals surface area contributed by atoms with Crippen LogP contribution in [0.5, 0.6) is 0 Å². The smallest absolute Gasteiger partial charge is 0.0578 e. The molecule has 1 aromatic heterocycles. The van der Waals surface area contributed by atoms with Crippen molar-refractivity contribution in [3.8, 4) is 0 Å². The summed E-state index contributed by atoms with van der Waals surface area (Å²) in [6.07, 6.45) is 1.12. The van der Waals surface area contributed by atoms with Crippen molar-refractivity contribution in [2.24, 2.45) is 0 Å². The number of benzene rings is 1. The van der Waals surface area contributed by atoms with Gasteiger partial charge in [-0.3, -0.25) is 0 Å². The third kappa shape index (κ3) is 3.15. The minimum atomic E-state index is 0.352. The van der Waals surface area contributed by atoms with Gasteiger partial charge in [-0.15, -0.1) is 11.3 Å². The Balaban J connectivity index is 2.10. The van der Waals surface area contributed by atoms with Crippen molar-refractivity contribution in [2.45, 2.75) is 33.2 Å². The van der Waals surface area contributed by atoms with Crippen LogP contribution in [-0.4, -0.2) is 0 Å². The number of hydrogen-bond acceptors (Lipinski definition) is 2. The van der Waals surface area contributed by atoms with Crippen molar-refractivity contribution in [1.29, 1.82) is 0 Å². The maximum Gasteiger partial charge on any atom is 0.0578 e. The van der Waals surface area contributed by atoms with Gasteiger partial charge in [0.2, 0.25) is 0 Å². The molecule has 96 valence electrons. The zero-order chi connectivity index (χ0) is 13.1. The van der Waals surface area contributed by atoms with Crippen LogP contribution in [0.4, 0.5) is 5.69 Å². The molecule has 1 aromatic carbocycles. The van der Waals surface area contributed by atoms with Crippen LogP contribution >= 0.6 is 27.3 Å². The first-order valence-electron chi connectivity index (χ1n) is 6.21. The standard InChI is InChI=1S/C15H18BrNS/c1-4-13-7-8-15(18-13)11(3)17-12-6-5-10(2)14(16)9-12/h5-9,11,17H,4H2,1-3H3.